The molecule has 2 unspecified atom stereocenters. The van der Waals surface area contributed by atoms with Crippen LogP contribution in [0.15, 0.2) is 4.99 Å². The summed E-state index contributed by atoms with van der Waals surface area (Å²) in [7, 11) is 3.25. The van der Waals surface area contributed by atoms with E-state index >= 15 is 0 Å². The van der Waals surface area contributed by atoms with Gasteiger partial charge in [-0.15, -0.1) is 24.0 Å². The van der Waals surface area contributed by atoms with Crippen molar-refractivity contribution in [2.75, 3.05) is 40.4 Å². The highest BCUT2D eigenvalue weighted by Crippen LogP contribution is 2.19. The van der Waals surface area contributed by atoms with Crippen LogP contribution in [0.4, 0.5) is 13.2 Å². The number of nitrogens with one attached hydrogen (secondary N) is 2. The van der Waals surface area contributed by atoms with Gasteiger partial charge in [-0.1, -0.05) is 0 Å². The minimum atomic E-state index is -4.14. The summed E-state index contributed by atoms with van der Waals surface area (Å²) in [5, 5.41) is 6.28. The Bertz CT molecular complexity index is 328. The molecule has 1 heterocycles. The zero-order valence-corrected chi connectivity index (χ0v) is 14.9. The predicted molar refractivity (Wildman–Crippen MR) is 87.3 cm³/mol. The van der Waals surface area contributed by atoms with Crippen LogP contribution in [0.1, 0.15) is 13.3 Å². The van der Waals surface area contributed by atoms with E-state index < -0.39 is 12.7 Å². The first kappa shape index (κ1) is 20.7. The lowest BCUT2D eigenvalue weighted by Gasteiger charge is -2.21. The van der Waals surface area contributed by atoms with Crippen LogP contribution in [0, 0.1) is 0 Å². The van der Waals surface area contributed by atoms with E-state index in [1.807, 2.05) is 6.92 Å². The molecule has 126 valence electrons. The zero-order chi connectivity index (χ0) is 15.2. The number of alkyl halides is 3. The summed E-state index contributed by atoms with van der Waals surface area (Å²) in [6.45, 7) is 2.45. The van der Waals surface area contributed by atoms with Crippen molar-refractivity contribution in [2.24, 2.45) is 4.99 Å². The van der Waals surface area contributed by atoms with Crippen LogP contribution in [0.2, 0.25) is 0 Å². The smallest absolute Gasteiger partial charge is 0.383 e. The number of nitrogens with zero attached hydrogens (tertiary/aromatic N) is 2. The minimum Gasteiger partial charge on any atom is -0.383 e. The van der Waals surface area contributed by atoms with Crippen LogP contribution < -0.4 is 10.6 Å². The lowest BCUT2D eigenvalue weighted by Crippen LogP contribution is -2.48. The minimum absolute atomic E-state index is 0. The van der Waals surface area contributed by atoms with Gasteiger partial charge in [-0.2, -0.15) is 13.2 Å². The third-order valence-corrected chi connectivity index (χ3v) is 3.04. The first-order valence-electron chi connectivity index (χ1n) is 6.62. The summed E-state index contributed by atoms with van der Waals surface area (Å²) in [6, 6.07) is 0.0668. The number of methoxy groups -OCH3 is 1. The molecule has 0 spiro atoms. The van der Waals surface area contributed by atoms with Crippen LogP contribution in [0.5, 0.6) is 0 Å². The second-order valence-corrected chi connectivity index (χ2v) is 5.05. The second-order valence-electron chi connectivity index (χ2n) is 5.05. The Hall–Kier alpha value is -0.290. The number of halogens is 4. The number of hydrogen-bond donors (Lipinski definition) is 2. The maximum atomic E-state index is 12.3. The van der Waals surface area contributed by atoms with Gasteiger partial charge in [-0.25, -0.2) is 0 Å². The van der Waals surface area contributed by atoms with Gasteiger partial charge in [-0.3, -0.25) is 9.89 Å². The van der Waals surface area contributed by atoms with Gasteiger partial charge in [0.2, 0.25) is 0 Å². The fourth-order valence-corrected chi connectivity index (χ4v) is 2.24. The van der Waals surface area contributed by atoms with E-state index in [1.54, 1.807) is 14.2 Å². The van der Waals surface area contributed by atoms with E-state index in [2.05, 4.69) is 15.6 Å². The molecule has 0 aromatic carbocycles. The lowest BCUT2D eigenvalue weighted by atomic mass is 10.2. The van der Waals surface area contributed by atoms with Gasteiger partial charge in [0.15, 0.2) is 5.96 Å². The molecule has 0 saturated carbocycles. The molecule has 1 saturated heterocycles. The number of ether oxygens (including phenoxy) is 1. The van der Waals surface area contributed by atoms with Crippen molar-refractivity contribution in [2.45, 2.75) is 31.6 Å². The van der Waals surface area contributed by atoms with E-state index in [-0.39, 0.29) is 36.1 Å². The van der Waals surface area contributed by atoms with E-state index in [1.165, 1.54) is 4.90 Å². The number of likely N-dealkylation sites (tertiary alicyclic amines) is 1. The molecule has 0 aliphatic carbocycles. The predicted octanol–water partition coefficient (Wildman–Crippen LogP) is 1.44. The third-order valence-electron chi connectivity index (χ3n) is 3.04. The van der Waals surface area contributed by atoms with Crippen molar-refractivity contribution in [1.29, 1.82) is 0 Å². The average Bonchev–Trinajstić information content (AvgIpc) is 2.73. The molecule has 21 heavy (non-hydrogen) atoms. The van der Waals surface area contributed by atoms with Crippen LogP contribution in [0.25, 0.3) is 0 Å². The fourth-order valence-electron chi connectivity index (χ4n) is 2.24. The van der Waals surface area contributed by atoms with Gasteiger partial charge in [0.1, 0.15) is 0 Å². The first-order chi connectivity index (χ1) is 9.34. The summed E-state index contributed by atoms with van der Waals surface area (Å²) in [5.41, 5.74) is 0. The standard InChI is InChI=1S/C12H23F3N4O.HI/c1-9(7-20-3)17-11(16-2)18-10-4-5-19(6-10)8-12(13,14)15;/h9-10H,4-8H2,1-3H3,(H2,16,17,18);1H. The lowest BCUT2D eigenvalue weighted by molar-refractivity contribution is -0.143. The van der Waals surface area contributed by atoms with E-state index in [0.717, 1.165) is 0 Å². The van der Waals surface area contributed by atoms with Gasteiger partial charge < -0.3 is 15.4 Å². The van der Waals surface area contributed by atoms with Gasteiger partial charge in [0, 0.05) is 39.3 Å². The Labute approximate surface area is 140 Å². The Morgan fingerprint density at radius 1 is 1.48 bits per heavy atom. The van der Waals surface area contributed by atoms with E-state index in [0.29, 0.717) is 32.1 Å². The third kappa shape index (κ3) is 8.67. The Morgan fingerprint density at radius 2 is 2.14 bits per heavy atom. The van der Waals surface area contributed by atoms with Crippen molar-refractivity contribution >= 4 is 29.9 Å². The largest absolute Gasteiger partial charge is 0.401 e. The highest BCUT2D eigenvalue weighted by molar-refractivity contribution is 14.0. The Balaban J connectivity index is 0.00000400. The van der Waals surface area contributed by atoms with Crippen LogP contribution in [-0.2, 0) is 4.74 Å². The molecule has 5 nitrogen and oxygen atoms in total. The molecular formula is C12H24F3IN4O. The summed E-state index contributed by atoms with van der Waals surface area (Å²) < 4.78 is 41.9. The SMILES string of the molecule is CN=C(NC(C)COC)NC1CCN(CC(F)(F)F)C1.I. The molecule has 2 atom stereocenters. The molecule has 2 N–H and O–H groups in total. The molecule has 1 fully saturated rings. The number of hydrogen-bond acceptors (Lipinski definition) is 3. The maximum Gasteiger partial charge on any atom is 0.401 e. The van der Waals surface area contributed by atoms with Gasteiger partial charge in [0.25, 0.3) is 0 Å². The zero-order valence-electron chi connectivity index (χ0n) is 12.5. The highest BCUT2D eigenvalue weighted by Gasteiger charge is 2.34. The number of rotatable bonds is 5. The number of aliphatic imine (C=N–C) groups is 1. The molecule has 1 aliphatic rings. The Kier molecular flexibility index (Phi) is 9.54. The van der Waals surface area contributed by atoms with Crippen molar-refractivity contribution < 1.29 is 17.9 Å². The molecule has 0 bridgehead atoms. The van der Waals surface area contributed by atoms with Gasteiger partial charge in [-0.05, 0) is 13.3 Å². The van der Waals surface area contributed by atoms with Crippen molar-refractivity contribution in [1.82, 2.24) is 15.5 Å². The van der Waals surface area contributed by atoms with Crippen LogP contribution in [0.3, 0.4) is 0 Å². The van der Waals surface area contributed by atoms with Crippen molar-refractivity contribution in [3.63, 3.8) is 0 Å². The first-order valence-corrected chi connectivity index (χ1v) is 6.62. The molecular weight excluding hydrogens is 400 g/mol. The summed E-state index contributed by atoms with van der Waals surface area (Å²) in [6.07, 6.45) is -3.46. The Morgan fingerprint density at radius 3 is 2.67 bits per heavy atom. The molecule has 0 aromatic rings. The quantitative estimate of drug-likeness (QED) is 0.399. The van der Waals surface area contributed by atoms with Crippen molar-refractivity contribution in [3.05, 3.63) is 0 Å². The van der Waals surface area contributed by atoms with E-state index in [4.69, 9.17) is 4.74 Å². The molecule has 9 heteroatoms. The fraction of sp³-hybridized carbons (Fsp3) is 0.917. The van der Waals surface area contributed by atoms with Crippen molar-refractivity contribution in [3.8, 4) is 0 Å². The molecule has 0 aromatic heterocycles. The topological polar surface area (TPSA) is 48.9 Å². The summed E-state index contributed by atoms with van der Waals surface area (Å²) in [5.74, 6) is 0.591. The average molecular weight is 424 g/mol. The van der Waals surface area contributed by atoms with Gasteiger partial charge >= 0.3 is 6.18 Å². The summed E-state index contributed by atoms with van der Waals surface area (Å²) >= 11 is 0. The van der Waals surface area contributed by atoms with E-state index in [9.17, 15) is 13.2 Å². The molecule has 0 amide bonds. The van der Waals surface area contributed by atoms with Crippen LogP contribution in [-0.4, -0.2) is 69.5 Å². The summed E-state index contributed by atoms with van der Waals surface area (Å²) in [4.78, 5) is 5.48. The number of guanidine groups is 1. The second kappa shape index (κ2) is 9.67. The molecule has 1 aliphatic heterocycles. The maximum absolute atomic E-state index is 12.3. The highest BCUT2D eigenvalue weighted by atomic mass is 127. The molecule has 0 radical (unpaired) electrons. The van der Waals surface area contributed by atoms with Crippen LogP contribution >= 0.6 is 24.0 Å². The van der Waals surface area contributed by atoms with Gasteiger partial charge in [0.05, 0.1) is 13.2 Å². The monoisotopic (exact) mass is 424 g/mol. The molecule has 1 rings (SSSR count). The normalized spacial score (nSPS) is 21.8.